The highest BCUT2D eigenvalue weighted by molar-refractivity contribution is 9.10. The van der Waals surface area contributed by atoms with E-state index in [0.29, 0.717) is 23.9 Å². The van der Waals surface area contributed by atoms with E-state index in [-0.39, 0.29) is 5.97 Å². The van der Waals surface area contributed by atoms with Crippen molar-refractivity contribution in [1.29, 1.82) is 0 Å². The van der Waals surface area contributed by atoms with Gasteiger partial charge in [-0.2, -0.15) is 4.98 Å². The van der Waals surface area contributed by atoms with Gasteiger partial charge in [0.05, 0.1) is 23.5 Å². The van der Waals surface area contributed by atoms with E-state index < -0.39 is 0 Å². The molecule has 2 heterocycles. The largest absolute Gasteiger partial charge is 0.465 e. The number of ether oxygens (including phenoxy) is 1. The van der Waals surface area contributed by atoms with Crippen LogP contribution in [0.5, 0.6) is 0 Å². The number of rotatable bonds is 7. The predicted octanol–water partition coefficient (Wildman–Crippen LogP) is 3.15. The highest BCUT2D eigenvalue weighted by Gasteiger charge is 2.07. The molecule has 0 fully saturated rings. The molecule has 0 spiro atoms. The first kappa shape index (κ1) is 17.9. The number of halogens is 1. The van der Waals surface area contributed by atoms with E-state index in [2.05, 4.69) is 51.2 Å². The number of H-pyrrole nitrogens is 1. The predicted molar refractivity (Wildman–Crippen MR) is 102 cm³/mol. The molecule has 26 heavy (non-hydrogen) atoms. The van der Waals surface area contributed by atoms with Crippen LogP contribution in [0.1, 0.15) is 16.1 Å². The molecular weight excluding hydrogens is 400 g/mol. The summed E-state index contributed by atoms with van der Waals surface area (Å²) in [6.07, 6.45) is 5.93. The number of nitrogens with zero attached hydrogens (tertiary/aromatic N) is 3. The van der Waals surface area contributed by atoms with E-state index in [1.807, 2.05) is 0 Å². The molecule has 0 aliphatic rings. The second kappa shape index (κ2) is 8.43. The summed E-state index contributed by atoms with van der Waals surface area (Å²) in [6, 6.07) is 6.89. The van der Waals surface area contributed by atoms with Gasteiger partial charge >= 0.3 is 5.97 Å². The number of carbonyl (C=O) groups excluding carboxylic acids is 1. The number of methoxy groups -OCH3 is 1. The second-order valence-electron chi connectivity index (χ2n) is 5.34. The molecule has 2 aromatic heterocycles. The summed E-state index contributed by atoms with van der Waals surface area (Å²) in [5, 5.41) is 6.37. The van der Waals surface area contributed by atoms with Crippen LogP contribution >= 0.6 is 15.9 Å². The molecule has 3 aromatic rings. The van der Waals surface area contributed by atoms with Gasteiger partial charge in [0.1, 0.15) is 5.82 Å². The fraction of sp³-hybridized carbons (Fsp3) is 0.176. The third-order valence-electron chi connectivity index (χ3n) is 3.55. The summed E-state index contributed by atoms with van der Waals surface area (Å²) >= 11 is 3.44. The number of hydrogen-bond acceptors (Lipinski definition) is 7. The number of imidazole rings is 1. The van der Waals surface area contributed by atoms with Gasteiger partial charge in [0.2, 0.25) is 5.95 Å². The van der Waals surface area contributed by atoms with Crippen LogP contribution in [0.15, 0.2) is 47.5 Å². The minimum Gasteiger partial charge on any atom is -0.465 e. The van der Waals surface area contributed by atoms with Gasteiger partial charge in [-0.1, -0.05) is 0 Å². The smallest absolute Gasteiger partial charge is 0.337 e. The number of nitrogens with one attached hydrogen (secondary N) is 3. The van der Waals surface area contributed by atoms with Gasteiger partial charge in [-0.15, -0.1) is 0 Å². The first-order valence-corrected chi connectivity index (χ1v) is 8.64. The van der Waals surface area contributed by atoms with E-state index >= 15 is 0 Å². The Labute approximate surface area is 158 Å². The number of hydrogen-bond donors (Lipinski definition) is 3. The monoisotopic (exact) mass is 416 g/mol. The molecule has 3 rings (SSSR count). The van der Waals surface area contributed by atoms with Crippen LogP contribution in [0.25, 0.3) is 0 Å². The van der Waals surface area contributed by atoms with Gasteiger partial charge in [0, 0.05) is 36.7 Å². The van der Waals surface area contributed by atoms with Crippen LogP contribution in [0.2, 0.25) is 0 Å². The van der Waals surface area contributed by atoms with Gasteiger partial charge in [-0.05, 0) is 40.2 Å². The number of aromatic nitrogens is 4. The molecule has 8 nitrogen and oxygen atoms in total. The summed E-state index contributed by atoms with van der Waals surface area (Å²) in [5.74, 6) is 0.761. The van der Waals surface area contributed by atoms with E-state index in [9.17, 15) is 4.79 Å². The lowest BCUT2D eigenvalue weighted by Crippen LogP contribution is -2.09. The molecular formula is C17H17BrN6O2. The van der Waals surface area contributed by atoms with E-state index in [0.717, 1.165) is 22.3 Å². The molecule has 0 bridgehead atoms. The van der Waals surface area contributed by atoms with E-state index in [1.54, 1.807) is 43.0 Å². The standard InChI is InChI=1S/C17H17BrN6O2/c1-26-16(25)11-2-4-12(5-3-11)23-17-21-9-14(18)15(24-17)20-7-6-13-8-19-10-22-13/h2-5,8-10H,6-7H2,1H3,(H,19,22)(H2,20,21,23,24). The van der Waals surface area contributed by atoms with Crippen molar-refractivity contribution in [1.82, 2.24) is 19.9 Å². The van der Waals surface area contributed by atoms with Crippen LogP contribution < -0.4 is 10.6 Å². The Morgan fingerprint density at radius 2 is 2.08 bits per heavy atom. The number of benzene rings is 1. The Morgan fingerprint density at radius 1 is 1.27 bits per heavy atom. The third-order valence-corrected chi connectivity index (χ3v) is 4.13. The van der Waals surface area contributed by atoms with Crippen molar-refractivity contribution in [2.45, 2.75) is 6.42 Å². The van der Waals surface area contributed by atoms with Crippen molar-refractivity contribution < 1.29 is 9.53 Å². The average Bonchev–Trinajstić information content (AvgIpc) is 3.18. The SMILES string of the molecule is COC(=O)c1ccc(Nc2ncc(Br)c(NCCc3cnc[nH]3)n2)cc1. The van der Waals surface area contributed by atoms with Crippen molar-refractivity contribution in [3.8, 4) is 0 Å². The maximum atomic E-state index is 11.5. The molecule has 3 N–H and O–H groups in total. The van der Waals surface area contributed by atoms with Crippen LogP contribution in [-0.2, 0) is 11.2 Å². The molecule has 0 atom stereocenters. The van der Waals surface area contributed by atoms with Crippen molar-refractivity contribution >= 4 is 39.4 Å². The zero-order chi connectivity index (χ0) is 18.4. The first-order chi connectivity index (χ1) is 12.7. The second-order valence-corrected chi connectivity index (χ2v) is 6.19. The minimum atomic E-state index is -0.375. The fourth-order valence-corrected chi connectivity index (χ4v) is 2.56. The Bertz CT molecular complexity index is 867. The summed E-state index contributed by atoms with van der Waals surface area (Å²) < 4.78 is 5.46. The Balaban J connectivity index is 1.64. The van der Waals surface area contributed by atoms with Gasteiger partial charge in [0.15, 0.2) is 0 Å². The van der Waals surface area contributed by atoms with Crippen LogP contribution in [0.4, 0.5) is 17.5 Å². The van der Waals surface area contributed by atoms with Gasteiger partial charge in [0.25, 0.3) is 0 Å². The summed E-state index contributed by atoms with van der Waals surface area (Å²) in [7, 11) is 1.35. The zero-order valence-electron chi connectivity index (χ0n) is 14.0. The molecule has 0 aliphatic carbocycles. The topological polar surface area (TPSA) is 105 Å². The number of carbonyl (C=O) groups is 1. The lowest BCUT2D eigenvalue weighted by molar-refractivity contribution is 0.0601. The normalized spacial score (nSPS) is 10.4. The maximum absolute atomic E-state index is 11.5. The highest BCUT2D eigenvalue weighted by atomic mass is 79.9. The average molecular weight is 417 g/mol. The van der Waals surface area contributed by atoms with Gasteiger partial charge < -0.3 is 20.4 Å². The minimum absolute atomic E-state index is 0.375. The van der Waals surface area contributed by atoms with E-state index in [1.165, 1.54) is 7.11 Å². The Kier molecular flexibility index (Phi) is 5.80. The van der Waals surface area contributed by atoms with Crippen molar-refractivity contribution in [3.63, 3.8) is 0 Å². The number of aromatic amines is 1. The maximum Gasteiger partial charge on any atom is 0.337 e. The van der Waals surface area contributed by atoms with Crippen molar-refractivity contribution in [2.75, 3.05) is 24.3 Å². The molecule has 0 saturated heterocycles. The van der Waals surface area contributed by atoms with E-state index in [4.69, 9.17) is 0 Å². The highest BCUT2D eigenvalue weighted by Crippen LogP contribution is 2.22. The molecule has 0 aliphatic heterocycles. The van der Waals surface area contributed by atoms with Crippen molar-refractivity contribution in [3.05, 3.63) is 58.7 Å². The Hall–Kier alpha value is -2.94. The molecule has 1 aromatic carbocycles. The third kappa shape index (κ3) is 4.57. The van der Waals surface area contributed by atoms with Gasteiger partial charge in [-0.25, -0.2) is 14.8 Å². The number of anilines is 3. The van der Waals surface area contributed by atoms with Crippen LogP contribution in [-0.4, -0.2) is 39.6 Å². The first-order valence-electron chi connectivity index (χ1n) is 7.85. The molecule has 0 saturated carbocycles. The van der Waals surface area contributed by atoms with Crippen LogP contribution in [0, 0.1) is 0 Å². The molecule has 0 unspecified atom stereocenters. The molecule has 134 valence electrons. The molecule has 0 amide bonds. The molecule has 0 radical (unpaired) electrons. The van der Waals surface area contributed by atoms with Gasteiger partial charge in [-0.3, -0.25) is 0 Å². The lowest BCUT2D eigenvalue weighted by atomic mass is 10.2. The quantitative estimate of drug-likeness (QED) is 0.508. The lowest BCUT2D eigenvalue weighted by Gasteiger charge is -2.10. The van der Waals surface area contributed by atoms with Crippen molar-refractivity contribution in [2.24, 2.45) is 0 Å². The summed E-state index contributed by atoms with van der Waals surface area (Å²) in [6.45, 7) is 0.699. The number of esters is 1. The van der Waals surface area contributed by atoms with Crippen LogP contribution in [0.3, 0.4) is 0 Å². The fourth-order valence-electron chi connectivity index (χ4n) is 2.22. The summed E-state index contributed by atoms with van der Waals surface area (Å²) in [4.78, 5) is 27.2. The molecule has 9 heteroatoms. The summed E-state index contributed by atoms with van der Waals surface area (Å²) in [5.41, 5.74) is 2.30. The zero-order valence-corrected chi connectivity index (χ0v) is 15.6. The Morgan fingerprint density at radius 3 is 2.77 bits per heavy atom.